The number of carbonyl (C=O) groups excluding carboxylic acids is 4. The van der Waals surface area contributed by atoms with Crippen LogP contribution >= 0.6 is 0 Å². The number of amides is 4. The molecule has 3 aromatic rings. The molecule has 3 aromatic carbocycles. The molecule has 254 valence electrons. The molecule has 2 heterocycles. The Morgan fingerprint density at radius 1 is 0.833 bits per heavy atom. The van der Waals surface area contributed by atoms with Crippen LogP contribution in [0.5, 0.6) is 5.75 Å². The van der Waals surface area contributed by atoms with Crippen molar-refractivity contribution in [2.75, 3.05) is 27.2 Å². The monoisotopic (exact) mass is 653 g/mol. The van der Waals surface area contributed by atoms with E-state index in [-0.39, 0.29) is 35.6 Å². The van der Waals surface area contributed by atoms with Crippen LogP contribution in [0.15, 0.2) is 84.9 Å². The SMILES string of the molecule is CN[C@H](Cc1ccccc1)C(=O)N[C@@H]1C(=O)N2[C@@H](CC[C@@H]1CCNC(=O)c1ccccc1)CC[C@H]2C(=O)NCCc1ccc(OC)cc1. The molecule has 2 fully saturated rings. The van der Waals surface area contributed by atoms with Crippen molar-refractivity contribution in [1.29, 1.82) is 0 Å². The van der Waals surface area contributed by atoms with Crippen molar-refractivity contribution in [2.24, 2.45) is 5.92 Å². The van der Waals surface area contributed by atoms with Crippen LogP contribution in [0.2, 0.25) is 0 Å². The largest absolute Gasteiger partial charge is 0.497 e. The van der Waals surface area contributed by atoms with E-state index in [4.69, 9.17) is 4.74 Å². The number of methoxy groups -OCH3 is 1. The average molecular weight is 654 g/mol. The summed E-state index contributed by atoms with van der Waals surface area (Å²) in [7, 11) is 3.36. The maximum atomic E-state index is 14.4. The number of carbonyl (C=O) groups is 4. The Labute approximate surface area is 283 Å². The molecule has 10 heteroatoms. The lowest BCUT2D eigenvalue weighted by molar-refractivity contribution is -0.143. The van der Waals surface area contributed by atoms with Crippen LogP contribution in [0, 0.1) is 5.92 Å². The van der Waals surface area contributed by atoms with Gasteiger partial charge in [0.05, 0.1) is 13.2 Å². The Kier molecular flexibility index (Phi) is 12.2. The van der Waals surface area contributed by atoms with Crippen LogP contribution in [0.1, 0.15) is 53.6 Å². The smallest absolute Gasteiger partial charge is 0.251 e. The highest BCUT2D eigenvalue weighted by atomic mass is 16.5. The fraction of sp³-hybridized carbons (Fsp3) is 0.421. The molecule has 0 aliphatic carbocycles. The Balaban J connectivity index is 1.28. The van der Waals surface area contributed by atoms with E-state index in [2.05, 4.69) is 21.3 Å². The van der Waals surface area contributed by atoms with Crippen LogP contribution in [-0.2, 0) is 27.2 Å². The Morgan fingerprint density at radius 3 is 2.21 bits per heavy atom. The van der Waals surface area contributed by atoms with Crippen molar-refractivity contribution in [2.45, 2.75) is 69.1 Å². The van der Waals surface area contributed by atoms with Crippen LogP contribution < -0.4 is 26.0 Å². The van der Waals surface area contributed by atoms with Gasteiger partial charge >= 0.3 is 0 Å². The van der Waals surface area contributed by atoms with Crippen LogP contribution in [-0.4, -0.2) is 79.9 Å². The molecule has 0 aromatic heterocycles. The number of nitrogens with zero attached hydrogens (tertiary/aromatic N) is 1. The quantitative estimate of drug-likeness (QED) is 0.212. The van der Waals surface area contributed by atoms with Crippen molar-refractivity contribution >= 4 is 23.6 Å². The molecule has 2 aliphatic rings. The van der Waals surface area contributed by atoms with Gasteiger partial charge in [0.2, 0.25) is 17.7 Å². The molecule has 0 unspecified atom stereocenters. The fourth-order valence-electron chi connectivity index (χ4n) is 6.92. The topological polar surface area (TPSA) is 129 Å². The normalized spacial score (nSPS) is 21.0. The zero-order valence-electron chi connectivity index (χ0n) is 27.8. The average Bonchev–Trinajstić information content (AvgIpc) is 3.51. The second-order valence-corrected chi connectivity index (χ2v) is 12.6. The number of nitrogens with one attached hydrogen (secondary N) is 4. The summed E-state index contributed by atoms with van der Waals surface area (Å²) in [6.45, 7) is 0.805. The molecule has 4 amide bonds. The molecule has 10 nitrogen and oxygen atoms in total. The highest BCUT2D eigenvalue weighted by molar-refractivity contribution is 5.95. The highest BCUT2D eigenvalue weighted by Gasteiger charge is 2.47. The van der Waals surface area contributed by atoms with Gasteiger partial charge in [-0.2, -0.15) is 0 Å². The third kappa shape index (κ3) is 8.80. The molecular weight excluding hydrogens is 606 g/mol. The molecule has 0 spiro atoms. The summed E-state index contributed by atoms with van der Waals surface area (Å²) in [5.41, 5.74) is 2.65. The van der Waals surface area contributed by atoms with Crippen molar-refractivity contribution in [3.05, 3.63) is 102 Å². The minimum absolute atomic E-state index is 0.0810. The highest BCUT2D eigenvalue weighted by Crippen LogP contribution is 2.35. The van der Waals surface area contributed by atoms with E-state index in [9.17, 15) is 19.2 Å². The summed E-state index contributed by atoms with van der Waals surface area (Å²) in [5.74, 6) is -0.282. The zero-order valence-corrected chi connectivity index (χ0v) is 27.8. The first-order valence-corrected chi connectivity index (χ1v) is 17.0. The lowest BCUT2D eigenvalue weighted by Gasteiger charge is -2.33. The summed E-state index contributed by atoms with van der Waals surface area (Å²) in [6, 6.07) is 24.4. The van der Waals surface area contributed by atoms with Crippen LogP contribution in [0.25, 0.3) is 0 Å². The lowest BCUT2D eigenvalue weighted by Crippen LogP contribution is -2.58. The van der Waals surface area contributed by atoms with E-state index in [0.29, 0.717) is 50.8 Å². The van der Waals surface area contributed by atoms with E-state index in [1.165, 1.54) is 0 Å². The van der Waals surface area contributed by atoms with Crippen molar-refractivity contribution in [3.63, 3.8) is 0 Å². The molecule has 2 saturated heterocycles. The molecule has 2 aliphatic heterocycles. The van der Waals surface area contributed by atoms with Gasteiger partial charge in [-0.3, -0.25) is 19.2 Å². The maximum Gasteiger partial charge on any atom is 0.251 e. The summed E-state index contributed by atoms with van der Waals surface area (Å²) in [6.07, 6.45) is 4.36. The second-order valence-electron chi connectivity index (χ2n) is 12.6. The van der Waals surface area contributed by atoms with Crippen molar-refractivity contribution in [3.8, 4) is 5.75 Å². The third-order valence-electron chi connectivity index (χ3n) is 9.62. The van der Waals surface area contributed by atoms with Gasteiger partial charge in [0.15, 0.2) is 0 Å². The van der Waals surface area contributed by atoms with Gasteiger partial charge in [-0.15, -0.1) is 0 Å². The van der Waals surface area contributed by atoms with Gasteiger partial charge in [-0.25, -0.2) is 0 Å². The molecule has 0 saturated carbocycles. The Hall–Kier alpha value is -4.70. The standard InChI is InChI=1S/C38H47N5O5/c1-39-32(25-27-9-5-3-6-10-27)36(45)42-34-28(22-24-40-35(44)29-11-7-4-8-12-29)15-16-30-17-20-33(43(30)38(34)47)37(46)41-23-21-26-13-18-31(48-2)19-14-26/h3-14,18-19,28,30,32-34,39H,15-17,20-25H2,1-2H3,(H,40,44)(H,41,46)(H,42,45)/t28-,30+,32-,33+,34+/m1/s1. The van der Waals surface area contributed by atoms with Crippen LogP contribution in [0.3, 0.4) is 0 Å². The second kappa shape index (κ2) is 16.9. The van der Waals surface area contributed by atoms with Crippen molar-refractivity contribution in [1.82, 2.24) is 26.2 Å². The van der Waals surface area contributed by atoms with E-state index in [1.54, 1.807) is 31.2 Å². The van der Waals surface area contributed by atoms with E-state index < -0.39 is 18.1 Å². The lowest BCUT2D eigenvalue weighted by atomic mass is 9.90. The molecule has 5 rings (SSSR count). The van der Waals surface area contributed by atoms with Gasteiger partial charge in [0.1, 0.15) is 17.8 Å². The molecule has 5 atom stereocenters. The molecule has 48 heavy (non-hydrogen) atoms. The number of fused-ring (bicyclic) bond motifs is 1. The van der Waals surface area contributed by atoms with Gasteiger partial charge < -0.3 is 30.9 Å². The first-order valence-electron chi connectivity index (χ1n) is 17.0. The number of likely N-dealkylation sites (N-methyl/N-ethyl adjacent to an activating group) is 1. The Bertz CT molecular complexity index is 1520. The van der Waals surface area contributed by atoms with E-state index >= 15 is 0 Å². The predicted octanol–water partition coefficient (Wildman–Crippen LogP) is 3.26. The third-order valence-corrected chi connectivity index (χ3v) is 9.62. The van der Waals surface area contributed by atoms with Gasteiger partial charge in [0, 0.05) is 24.7 Å². The number of hydrogen-bond donors (Lipinski definition) is 4. The first kappa shape index (κ1) is 34.6. The Morgan fingerprint density at radius 2 is 1.52 bits per heavy atom. The summed E-state index contributed by atoms with van der Waals surface area (Å²) >= 11 is 0. The minimum Gasteiger partial charge on any atom is -0.497 e. The van der Waals surface area contributed by atoms with E-state index in [0.717, 1.165) is 29.7 Å². The molecule has 0 bridgehead atoms. The fourth-order valence-corrected chi connectivity index (χ4v) is 6.92. The number of hydrogen-bond acceptors (Lipinski definition) is 6. The van der Waals surface area contributed by atoms with Crippen LogP contribution in [0.4, 0.5) is 0 Å². The van der Waals surface area contributed by atoms with Gasteiger partial charge in [-0.1, -0.05) is 60.7 Å². The molecular formula is C38H47N5O5. The predicted molar refractivity (Wildman–Crippen MR) is 184 cm³/mol. The summed E-state index contributed by atoms with van der Waals surface area (Å²) in [4.78, 5) is 56.2. The minimum atomic E-state index is -0.824. The van der Waals surface area contributed by atoms with Crippen molar-refractivity contribution < 1.29 is 23.9 Å². The maximum absolute atomic E-state index is 14.4. The van der Waals surface area contributed by atoms with Gasteiger partial charge in [-0.05, 0) is 93.3 Å². The molecule has 4 N–H and O–H groups in total. The molecule has 0 radical (unpaired) electrons. The first-order chi connectivity index (χ1) is 23.4. The van der Waals surface area contributed by atoms with E-state index in [1.807, 2.05) is 72.8 Å². The summed E-state index contributed by atoms with van der Waals surface area (Å²) in [5, 5.41) is 12.2. The number of ether oxygens (including phenoxy) is 1. The number of rotatable bonds is 14. The zero-order chi connectivity index (χ0) is 33.9. The van der Waals surface area contributed by atoms with Gasteiger partial charge in [0.25, 0.3) is 5.91 Å². The number of benzene rings is 3. The summed E-state index contributed by atoms with van der Waals surface area (Å²) < 4.78 is 5.23.